The van der Waals surface area contributed by atoms with Gasteiger partial charge in [-0.05, 0) is 55.0 Å². The predicted molar refractivity (Wildman–Crippen MR) is 149 cm³/mol. The molecule has 0 aliphatic carbocycles. The number of H-pyrrole nitrogens is 1. The van der Waals surface area contributed by atoms with Crippen LogP contribution in [0.4, 0.5) is 5.69 Å². The zero-order valence-corrected chi connectivity index (χ0v) is 21.0. The first-order valence-electron chi connectivity index (χ1n) is 11.8. The summed E-state index contributed by atoms with van der Waals surface area (Å²) < 4.78 is 7.08. The van der Waals surface area contributed by atoms with Crippen LogP contribution in [0.2, 0.25) is 0 Å². The number of carbonyl (C=O) groups is 1. The Labute approximate surface area is 213 Å². The quantitative estimate of drug-likeness (QED) is 0.177. The summed E-state index contributed by atoms with van der Waals surface area (Å²) in [6.07, 6.45) is 0.809. The zero-order valence-electron chi connectivity index (χ0n) is 20.2. The van der Waals surface area contributed by atoms with Gasteiger partial charge in [0.15, 0.2) is 5.11 Å². The molecule has 8 heteroatoms. The molecule has 2 heterocycles. The van der Waals surface area contributed by atoms with E-state index >= 15 is 0 Å². The SMILES string of the molecule is COC(=O)c1ccc2[nH]c3c(c(=NCCCNC(=S)Nc4ccccc4)c4ccccc4n3C)c2c1. The minimum atomic E-state index is -0.360. The third-order valence-corrected chi connectivity index (χ3v) is 6.46. The van der Waals surface area contributed by atoms with Crippen molar-refractivity contribution < 1.29 is 9.53 Å². The number of esters is 1. The number of benzene rings is 3. The second kappa shape index (κ2) is 10.2. The molecule has 0 spiro atoms. The molecule has 0 unspecified atom stereocenters. The number of aromatic nitrogens is 2. The molecule has 0 amide bonds. The normalized spacial score (nSPS) is 11.8. The molecule has 0 atom stereocenters. The second-order valence-corrected chi connectivity index (χ2v) is 8.92. The van der Waals surface area contributed by atoms with Crippen LogP contribution in [0.1, 0.15) is 16.8 Å². The third kappa shape index (κ3) is 4.55. The Balaban J connectivity index is 1.48. The highest BCUT2D eigenvalue weighted by Gasteiger charge is 2.15. The fourth-order valence-corrected chi connectivity index (χ4v) is 4.69. The van der Waals surface area contributed by atoms with E-state index in [2.05, 4.69) is 32.3 Å². The second-order valence-electron chi connectivity index (χ2n) is 8.51. The minimum absolute atomic E-state index is 0.360. The van der Waals surface area contributed by atoms with Crippen LogP contribution in [0, 0.1) is 0 Å². The Morgan fingerprint density at radius 3 is 2.64 bits per heavy atom. The third-order valence-electron chi connectivity index (χ3n) is 6.21. The van der Waals surface area contributed by atoms with Crippen LogP contribution in [0.15, 0.2) is 77.8 Å². The van der Waals surface area contributed by atoms with E-state index in [1.165, 1.54) is 7.11 Å². The molecule has 5 rings (SSSR count). The van der Waals surface area contributed by atoms with Gasteiger partial charge in [-0.2, -0.15) is 0 Å². The number of para-hydroxylation sites is 2. The van der Waals surface area contributed by atoms with E-state index in [9.17, 15) is 4.79 Å². The molecule has 5 aromatic rings. The van der Waals surface area contributed by atoms with Crippen LogP contribution in [0.3, 0.4) is 0 Å². The van der Waals surface area contributed by atoms with E-state index < -0.39 is 0 Å². The molecule has 3 N–H and O–H groups in total. The van der Waals surface area contributed by atoms with Crippen LogP contribution in [0.25, 0.3) is 32.8 Å². The summed E-state index contributed by atoms with van der Waals surface area (Å²) in [6, 6.07) is 23.7. The molecule has 7 nitrogen and oxygen atoms in total. The summed E-state index contributed by atoms with van der Waals surface area (Å²) in [5, 5.41) is 10.9. The van der Waals surface area contributed by atoms with E-state index in [0.29, 0.717) is 23.8 Å². The number of hydrogen-bond acceptors (Lipinski definition) is 4. The summed E-state index contributed by atoms with van der Waals surface area (Å²) in [4.78, 5) is 20.8. The lowest BCUT2D eigenvalue weighted by Gasteiger charge is -2.10. The van der Waals surface area contributed by atoms with Gasteiger partial charge in [-0.25, -0.2) is 4.79 Å². The van der Waals surface area contributed by atoms with Gasteiger partial charge in [0.1, 0.15) is 5.65 Å². The molecule has 2 aromatic heterocycles. The zero-order chi connectivity index (χ0) is 25.1. The first-order valence-corrected chi connectivity index (χ1v) is 12.2. The topological polar surface area (TPSA) is 83.4 Å². The summed E-state index contributed by atoms with van der Waals surface area (Å²) in [5.41, 5.74) is 4.44. The van der Waals surface area contributed by atoms with Crippen LogP contribution >= 0.6 is 12.2 Å². The van der Waals surface area contributed by atoms with E-state index in [1.54, 1.807) is 6.07 Å². The lowest BCUT2D eigenvalue weighted by Crippen LogP contribution is -2.29. The van der Waals surface area contributed by atoms with Crippen LogP contribution in [-0.2, 0) is 11.8 Å². The number of rotatable bonds is 6. The highest BCUT2D eigenvalue weighted by atomic mass is 32.1. The largest absolute Gasteiger partial charge is 0.465 e. The van der Waals surface area contributed by atoms with E-state index in [1.807, 2.05) is 61.6 Å². The number of aryl methyl sites for hydroxylation is 1. The maximum Gasteiger partial charge on any atom is 0.337 e. The molecule has 0 aliphatic heterocycles. The van der Waals surface area contributed by atoms with E-state index in [-0.39, 0.29) is 5.97 Å². The van der Waals surface area contributed by atoms with Crippen molar-refractivity contribution >= 4 is 61.8 Å². The van der Waals surface area contributed by atoms with Crippen molar-refractivity contribution in [2.75, 3.05) is 25.5 Å². The molecule has 3 aromatic carbocycles. The first kappa shape index (κ1) is 23.6. The highest BCUT2D eigenvalue weighted by molar-refractivity contribution is 7.80. The van der Waals surface area contributed by atoms with Crippen molar-refractivity contribution in [1.29, 1.82) is 0 Å². The number of methoxy groups -OCH3 is 1. The number of aromatic amines is 1. The number of thiocarbonyl (C=S) groups is 1. The van der Waals surface area contributed by atoms with Gasteiger partial charge in [-0.3, -0.25) is 4.99 Å². The Morgan fingerprint density at radius 1 is 1.06 bits per heavy atom. The molecule has 0 saturated heterocycles. The number of carbonyl (C=O) groups excluding carboxylic acids is 1. The van der Waals surface area contributed by atoms with Gasteiger partial charge in [-0.15, -0.1) is 0 Å². The molecular formula is C28H27N5O2S. The molecule has 0 fully saturated rings. The summed E-state index contributed by atoms with van der Waals surface area (Å²) in [7, 11) is 3.43. The molecule has 0 saturated carbocycles. The summed E-state index contributed by atoms with van der Waals surface area (Å²) in [5.74, 6) is -0.360. The van der Waals surface area contributed by atoms with Gasteiger partial charge in [-0.1, -0.05) is 36.4 Å². The van der Waals surface area contributed by atoms with Crippen molar-refractivity contribution in [2.24, 2.45) is 12.0 Å². The Bertz CT molecular complexity index is 1650. The lowest BCUT2D eigenvalue weighted by atomic mass is 10.1. The smallest absolute Gasteiger partial charge is 0.337 e. The van der Waals surface area contributed by atoms with Gasteiger partial charge in [0.05, 0.1) is 28.9 Å². The first-order chi connectivity index (χ1) is 17.6. The average Bonchev–Trinajstić information content (AvgIpc) is 3.29. The Hall–Kier alpha value is -4.17. The van der Waals surface area contributed by atoms with Crippen LogP contribution < -0.4 is 16.0 Å². The lowest BCUT2D eigenvalue weighted by molar-refractivity contribution is 0.0601. The van der Waals surface area contributed by atoms with Crippen molar-refractivity contribution in [2.45, 2.75) is 6.42 Å². The number of fused-ring (bicyclic) bond motifs is 4. The van der Waals surface area contributed by atoms with Crippen molar-refractivity contribution in [1.82, 2.24) is 14.9 Å². The Morgan fingerprint density at radius 2 is 1.83 bits per heavy atom. The highest BCUT2D eigenvalue weighted by Crippen LogP contribution is 2.27. The van der Waals surface area contributed by atoms with Crippen LogP contribution in [0.5, 0.6) is 0 Å². The minimum Gasteiger partial charge on any atom is -0.465 e. The van der Waals surface area contributed by atoms with Gasteiger partial charge < -0.3 is 24.9 Å². The molecule has 0 radical (unpaired) electrons. The van der Waals surface area contributed by atoms with Crippen molar-refractivity contribution in [3.05, 3.63) is 83.7 Å². The standard InChI is InChI=1S/C28H27N5O2S/c1-33-23-12-7-6-11-20(23)25(29-15-8-16-30-28(36)31-19-9-4-3-5-10-19)24-21-17-18(27(34)35-2)13-14-22(21)32-26(24)33/h3-7,9-14,17,32H,8,15-16H2,1-2H3,(H2,30,31,36). The van der Waals surface area contributed by atoms with Gasteiger partial charge in [0, 0.05) is 42.1 Å². The van der Waals surface area contributed by atoms with Gasteiger partial charge in [0.2, 0.25) is 0 Å². The maximum absolute atomic E-state index is 12.2. The summed E-state index contributed by atoms with van der Waals surface area (Å²) in [6.45, 7) is 1.32. The molecule has 36 heavy (non-hydrogen) atoms. The number of anilines is 1. The number of nitrogens with zero attached hydrogens (tertiary/aromatic N) is 2. The molecular weight excluding hydrogens is 470 g/mol. The van der Waals surface area contributed by atoms with Gasteiger partial charge in [0.25, 0.3) is 0 Å². The van der Waals surface area contributed by atoms with Crippen LogP contribution in [-0.4, -0.2) is 40.8 Å². The maximum atomic E-state index is 12.2. The molecule has 0 aliphatic rings. The fourth-order valence-electron chi connectivity index (χ4n) is 4.47. The fraction of sp³-hybridized carbons (Fsp3) is 0.179. The average molecular weight is 498 g/mol. The van der Waals surface area contributed by atoms with E-state index in [4.69, 9.17) is 21.9 Å². The monoisotopic (exact) mass is 497 g/mol. The number of hydrogen-bond donors (Lipinski definition) is 3. The van der Waals surface area contributed by atoms with Crippen molar-refractivity contribution in [3.8, 4) is 0 Å². The number of nitrogens with one attached hydrogen (secondary N) is 3. The van der Waals surface area contributed by atoms with E-state index in [0.717, 1.165) is 50.3 Å². The predicted octanol–water partition coefficient (Wildman–Crippen LogP) is 4.88. The van der Waals surface area contributed by atoms with Gasteiger partial charge >= 0.3 is 5.97 Å². The number of pyridine rings is 1. The number of ether oxygens (including phenoxy) is 1. The Kier molecular flexibility index (Phi) is 6.69. The molecule has 182 valence electrons. The van der Waals surface area contributed by atoms with Crippen molar-refractivity contribution in [3.63, 3.8) is 0 Å². The summed E-state index contributed by atoms with van der Waals surface area (Å²) >= 11 is 5.41. The molecule has 0 bridgehead atoms.